The van der Waals surface area contributed by atoms with E-state index in [0.717, 1.165) is 5.69 Å². The average Bonchev–Trinajstić information content (AvgIpc) is 2.06. The molecule has 1 nitrogen and oxygen atoms in total. The summed E-state index contributed by atoms with van der Waals surface area (Å²) in [5.41, 5.74) is 2.69. The van der Waals surface area contributed by atoms with E-state index in [4.69, 9.17) is 0 Å². The Morgan fingerprint density at radius 1 is 1.15 bits per heavy atom. The summed E-state index contributed by atoms with van der Waals surface area (Å²) in [5.74, 6) is 0. The van der Waals surface area contributed by atoms with Crippen molar-refractivity contribution >= 4 is 0 Å². The number of aryl methyl sites for hydroxylation is 1. The van der Waals surface area contributed by atoms with Gasteiger partial charge in [-0.25, -0.2) is 0 Å². The molecule has 0 saturated carbocycles. The Balaban J connectivity index is 0.000000671. The van der Waals surface area contributed by atoms with Crippen molar-refractivity contribution in [2.75, 3.05) is 0 Å². The molecule has 0 atom stereocenters. The molecule has 0 aromatic carbocycles. The molecule has 0 spiro atoms. The number of pyridine rings is 1. The van der Waals surface area contributed by atoms with Crippen LogP contribution in [-0.2, 0) is 5.41 Å². The summed E-state index contributed by atoms with van der Waals surface area (Å²) in [6.07, 6.45) is 1.87. The van der Waals surface area contributed by atoms with Crippen LogP contribution in [0, 0.1) is 6.92 Å². The molecule has 1 heterocycles. The lowest BCUT2D eigenvalue weighted by molar-refractivity contribution is 0.588. The average molecular weight is 179 g/mol. The molecule has 0 N–H and O–H groups in total. The molecule has 0 fully saturated rings. The zero-order chi connectivity index (χ0) is 10.5. The number of nitrogens with zero attached hydrogens (tertiary/aromatic N) is 1. The SMILES string of the molecule is CC.Cc1cc(C(C)(C)C)ccn1. The van der Waals surface area contributed by atoms with Gasteiger partial charge in [-0.1, -0.05) is 34.6 Å². The minimum Gasteiger partial charge on any atom is -0.262 e. The van der Waals surface area contributed by atoms with Crippen molar-refractivity contribution in [1.29, 1.82) is 0 Å². The van der Waals surface area contributed by atoms with Crippen LogP contribution in [0.25, 0.3) is 0 Å². The second-order valence-corrected chi connectivity index (χ2v) is 3.94. The van der Waals surface area contributed by atoms with Gasteiger partial charge in [0, 0.05) is 11.9 Å². The maximum Gasteiger partial charge on any atom is 0.0375 e. The minimum absolute atomic E-state index is 0.244. The third-order valence-corrected chi connectivity index (χ3v) is 1.76. The van der Waals surface area contributed by atoms with Crippen LogP contribution in [0.1, 0.15) is 45.9 Å². The third-order valence-electron chi connectivity index (χ3n) is 1.76. The van der Waals surface area contributed by atoms with Crippen LogP contribution in [0.3, 0.4) is 0 Å². The highest BCUT2D eigenvalue weighted by atomic mass is 14.6. The Morgan fingerprint density at radius 3 is 2.00 bits per heavy atom. The Morgan fingerprint density at radius 2 is 1.69 bits per heavy atom. The van der Waals surface area contributed by atoms with Gasteiger partial charge in [0.2, 0.25) is 0 Å². The topological polar surface area (TPSA) is 12.9 Å². The van der Waals surface area contributed by atoms with Gasteiger partial charge < -0.3 is 0 Å². The zero-order valence-corrected chi connectivity index (χ0v) is 9.68. The first-order chi connectivity index (χ1) is 6.00. The van der Waals surface area contributed by atoms with Crippen LogP contribution >= 0.6 is 0 Å². The van der Waals surface area contributed by atoms with Gasteiger partial charge in [-0.3, -0.25) is 4.98 Å². The Hall–Kier alpha value is -0.850. The third kappa shape index (κ3) is 4.07. The molecule has 0 amide bonds. The maximum atomic E-state index is 4.15. The van der Waals surface area contributed by atoms with Gasteiger partial charge in [0.1, 0.15) is 0 Å². The van der Waals surface area contributed by atoms with E-state index in [-0.39, 0.29) is 5.41 Å². The molecule has 0 saturated heterocycles. The molecule has 0 aliphatic heterocycles. The fourth-order valence-corrected chi connectivity index (χ4v) is 1.01. The first-order valence-corrected chi connectivity index (χ1v) is 4.93. The van der Waals surface area contributed by atoms with Crippen molar-refractivity contribution in [2.24, 2.45) is 0 Å². The summed E-state index contributed by atoms with van der Waals surface area (Å²) in [7, 11) is 0. The fraction of sp³-hybridized carbons (Fsp3) is 0.583. The number of hydrogen-bond donors (Lipinski definition) is 0. The van der Waals surface area contributed by atoms with Gasteiger partial charge in [-0.05, 0) is 30.0 Å². The second kappa shape index (κ2) is 5.00. The zero-order valence-electron chi connectivity index (χ0n) is 9.68. The first kappa shape index (κ1) is 12.2. The highest BCUT2D eigenvalue weighted by Crippen LogP contribution is 2.21. The van der Waals surface area contributed by atoms with Gasteiger partial charge in [0.25, 0.3) is 0 Å². The van der Waals surface area contributed by atoms with Crippen molar-refractivity contribution < 1.29 is 0 Å². The Kier molecular flexibility index (Phi) is 4.68. The Labute approximate surface area is 82.2 Å². The summed E-state index contributed by atoms with van der Waals surface area (Å²) >= 11 is 0. The number of aromatic nitrogens is 1. The van der Waals surface area contributed by atoms with E-state index in [1.807, 2.05) is 27.0 Å². The predicted octanol–water partition coefficient (Wildman–Crippen LogP) is 3.71. The van der Waals surface area contributed by atoms with Crippen molar-refractivity contribution in [3.05, 3.63) is 29.6 Å². The normalized spacial score (nSPS) is 10.3. The summed E-state index contributed by atoms with van der Waals surface area (Å²) in [4.78, 5) is 4.15. The maximum absolute atomic E-state index is 4.15. The van der Waals surface area contributed by atoms with Crippen LogP contribution < -0.4 is 0 Å². The van der Waals surface area contributed by atoms with Crippen molar-refractivity contribution in [3.63, 3.8) is 0 Å². The van der Waals surface area contributed by atoms with Crippen LogP contribution in [0.15, 0.2) is 18.3 Å². The lowest BCUT2D eigenvalue weighted by atomic mass is 9.87. The summed E-state index contributed by atoms with van der Waals surface area (Å²) in [6.45, 7) is 12.7. The van der Waals surface area contributed by atoms with Crippen LogP contribution in [-0.4, -0.2) is 4.98 Å². The highest BCUT2D eigenvalue weighted by molar-refractivity contribution is 5.22. The molecule has 0 radical (unpaired) electrons. The largest absolute Gasteiger partial charge is 0.262 e. The van der Waals surface area contributed by atoms with Gasteiger partial charge >= 0.3 is 0 Å². The molecule has 1 aromatic heterocycles. The lowest BCUT2D eigenvalue weighted by Crippen LogP contribution is -2.11. The molecule has 0 unspecified atom stereocenters. The van der Waals surface area contributed by atoms with E-state index in [2.05, 4.69) is 37.9 Å². The Bertz CT molecular complexity index is 246. The summed E-state index contributed by atoms with van der Waals surface area (Å²) < 4.78 is 0. The quantitative estimate of drug-likeness (QED) is 0.591. The van der Waals surface area contributed by atoms with Gasteiger partial charge in [0.15, 0.2) is 0 Å². The monoisotopic (exact) mass is 179 g/mol. The molecule has 1 aromatic rings. The van der Waals surface area contributed by atoms with E-state index in [1.54, 1.807) is 0 Å². The molecule has 0 bridgehead atoms. The highest BCUT2D eigenvalue weighted by Gasteiger charge is 2.12. The van der Waals surface area contributed by atoms with Gasteiger partial charge in [-0.15, -0.1) is 0 Å². The first-order valence-electron chi connectivity index (χ1n) is 4.93. The molecule has 1 heteroatoms. The van der Waals surface area contributed by atoms with Crippen molar-refractivity contribution in [2.45, 2.75) is 47.0 Å². The number of rotatable bonds is 0. The summed E-state index contributed by atoms with van der Waals surface area (Å²) in [6, 6.07) is 4.22. The molecular formula is C12H21N. The molecule has 74 valence electrons. The van der Waals surface area contributed by atoms with E-state index >= 15 is 0 Å². The van der Waals surface area contributed by atoms with Gasteiger partial charge in [-0.2, -0.15) is 0 Å². The molecule has 0 aliphatic carbocycles. The van der Waals surface area contributed by atoms with Crippen LogP contribution in [0.2, 0.25) is 0 Å². The summed E-state index contributed by atoms with van der Waals surface area (Å²) in [5, 5.41) is 0. The van der Waals surface area contributed by atoms with Crippen LogP contribution in [0.5, 0.6) is 0 Å². The van der Waals surface area contributed by atoms with Crippen molar-refractivity contribution in [1.82, 2.24) is 4.98 Å². The predicted molar refractivity (Wildman–Crippen MR) is 59.0 cm³/mol. The number of hydrogen-bond acceptors (Lipinski definition) is 1. The smallest absolute Gasteiger partial charge is 0.0375 e. The van der Waals surface area contributed by atoms with Gasteiger partial charge in [0.05, 0.1) is 0 Å². The lowest BCUT2D eigenvalue weighted by Gasteiger charge is -2.18. The van der Waals surface area contributed by atoms with Crippen LogP contribution in [0.4, 0.5) is 0 Å². The van der Waals surface area contributed by atoms with E-state index in [1.165, 1.54) is 5.56 Å². The standard InChI is InChI=1S/C10H15N.C2H6/c1-8-7-9(5-6-11-8)10(2,3)4;1-2/h5-7H,1-4H3;1-2H3. The van der Waals surface area contributed by atoms with E-state index < -0.39 is 0 Å². The van der Waals surface area contributed by atoms with E-state index in [9.17, 15) is 0 Å². The molecule has 1 rings (SSSR count). The van der Waals surface area contributed by atoms with E-state index in [0.29, 0.717) is 0 Å². The second-order valence-electron chi connectivity index (χ2n) is 3.94. The fourth-order valence-electron chi connectivity index (χ4n) is 1.01. The molecular weight excluding hydrogens is 158 g/mol. The molecule has 13 heavy (non-hydrogen) atoms. The minimum atomic E-state index is 0.244. The molecule has 0 aliphatic rings. The van der Waals surface area contributed by atoms with Crippen molar-refractivity contribution in [3.8, 4) is 0 Å².